The van der Waals surface area contributed by atoms with Gasteiger partial charge in [0.2, 0.25) is 0 Å². The van der Waals surface area contributed by atoms with Crippen LogP contribution in [0.1, 0.15) is 67.7 Å². The lowest BCUT2D eigenvalue weighted by atomic mass is 9.99. The highest BCUT2D eigenvalue weighted by molar-refractivity contribution is 5.92. The standard InChI is InChI=1S/C23H28FN3O3/c1-3-17-7-4-5-14-26(17)22(28)15(2)30-23(29)21-19-8-6-9-20(19)27(25-21)18-12-10-16(24)11-13-18/h10-13,15,17H,3-9,14H2,1-2H3. The number of carbonyl (C=O) groups excluding carboxylic acids is 2. The maximum atomic E-state index is 13.3. The van der Waals surface area contributed by atoms with Crippen molar-refractivity contribution < 1.29 is 18.7 Å². The van der Waals surface area contributed by atoms with Gasteiger partial charge in [0, 0.05) is 23.8 Å². The van der Waals surface area contributed by atoms with E-state index in [-0.39, 0.29) is 23.5 Å². The predicted molar refractivity (Wildman–Crippen MR) is 110 cm³/mol. The van der Waals surface area contributed by atoms with Gasteiger partial charge >= 0.3 is 5.97 Å². The molecule has 1 saturated heterocycles. The molecule has 0 spiro atoms. The largest absolute Gasteiger partial charge is 0.448 e. The van der Waals surface area contributed by atoms with E-state index in [1.54, 1.807) is 23.7 Å². The number of amides is 1. The van der Waals surface area contributed by atoms with Gasteiger partial charge in [0.25, 0.3) is 5.91 Å². The second-order valence-corrected chi connectivity index (χ2v) is 8.15. The van der Waals surface area contributed by atoms with Gasteiger partial charge in [0.05, 0.1) is 5.69 Å². The van der Waals surface area contributed by atoms with Crippen LogP contribution in [0.15, 0.2) is 24.3 Å². The molecule has 2 aromatic rings. The van der Waals surface area contributed by atoms with Crippen LogP contribution in [-0.4, -0.2) is 45.2 Å². The topological polar surface area (TPSA) is 64.4 Å². The van der Waals surface area contributed by atoms with E-state index < -0.39 is 12.1 Å². The van der Waals surface area contributed by atoms with Crippen molar-refractivity contribution in [2.24, 2.45) is 0 Å². The van der Waals surface area contributed by atoms with E-state index in [1.165, 1.54) is 12.1 Å². The lowest BCUT2D eigenvalue weighted by molar-refractivity contribution is -0.143. The minimum atomic E-state index is -0.849. The molecule has 0 saturated carbocycles. The summed E-state index contributed by atoms with van der Waals surface area (Å²) in [6.07, 6.45) is 5.63. The van der Waals surface area contributed by atoms with Crippen LogP contribution < -0.4 is 0 Å². The zero-order valence-corrected chi connectivity index (χ0v) is 17.6. The van der Waals surface area contributed by atoms with E-state index in [0.29, 0.717) is 12.2 Å². The second kappa shape index (κ2) is 8.58. The Bertz CT molecular complexity index is 938. The number of benzene rings is 1. The van der Waals surface area contributed by atoms with E-state index in [0.717, 1.165) is 56.2 Å². The maximum Gasteiger partial charge on any atom is 0.359 e. The number of aromatic nitrogens is 2. The smallest absolute Gasteiger partial charge is 0.359 e. The first-order valence-corrected chi connectivity index (χ1v) is 10.9. The summed E-state index contributed by atoms with van der Waals surface area (Å²) in [6, 6.07) is 6.25. The Morgan fingerprint density at radius 3 is 2.70 bits per heavy atom. The fourth-order valence-electron chi connectivity index (χ4n) is 4.61. The molecule has 2 heterocycles. The summed E-state index contributed by atoms with van der Waals surface area (Å²) in [5.41, 5.74) is 2.79. The molecule has 6 nitrogen and oxygen atoms in total. The Labute approximate surface area is 176 Å². The van der Waals surface area contributed by atoms with E-state index in [2.05, 4.69) is 12.0 Å². The maximum absolute atomic E-state index is 13.3. The molecule has 1 aliphatic heterocycles. The third-order valence-corrected chi connectivity index (χ3v) is 6.21. The number of halogens is 1. The van der Waals surface area contributed by atoms with E-state index in [9.17, 15) is 14.0 Å². The van der Waals surface area contributed by atoms with Gasteiger partial charge in [-0.1, -0.05) is 6.92 Å². The Morgan fingerprint density at radius 2 is 1.97 bits per heavy atom. The van der Waals surface area contributed by atoms with Crippen LogP contribution in [0.5, 0.6) is 0 Å². The Morgan fingerprint density at radius 1 is 1.20 bits per heavy atom. The highest BCUT2D eigenvalue weighted by atomic mass is 19.1. The Hall–Kier alpha value is -2.70. The predicted octanol–water partition coefficient (Wildman–Crippen LogP) is 3.84. The van der Waals surface area contributed by atoms with Crippen molar-refractivity contribution in [3.8, 4) is 5.69 Å². The van der Waals surface area contributed by atoms with Crippen molar-refractivity contribution >= 4 is 11.9 Å². The molecule has 2 aliphatic rings. The lowest BCUT2D eigenvalue weighted by Crippen LogP contribution is -2.48. The number of hydrogen-bond acceptors (Lipinski definition) is 4. The summed E-state index contributed by atoms with van der Waals surface area (Å²) >= 11 is 0. The number of rotatable bonds is 5. The van der Waals surface area contributed by atoms with Gasteiger partial charge in [-0.3, -0.25) is 4.79 Å². The monoisotopic (exact) mass is 413 g/mol. The molecular formula is C23H28FN3O3. The zero-order valence-electron chi connectivity index (χ0n) is 17.6. The van der Waals surface area contributed by atoms with Crippen LogP contribution in [0.3, 0.4) is 0 Å². The average molecular weight is 413 g/mol. The molecule has 1 aromatic carbocycles. The molecule has 160 valence electrons. The quantitative estimate of drug-likeness (QED) is 0.699. The molecule has 0 radical (unpaired) electrons. The highest BCUT2D eigenvalue weighted by Gasteiger charge is 2.33. The minimum Gasteiger partial charge on any atom is -0.448 e. The number of likely N-dealkylation sites (tertiary alicyclic amines) is 1. The molecule has 0 bridgehead atoms. The van der Waals surface area contributed by atoms with Gasteiger partial charge < -0.3 is 9.64 Å². The van der Waals surface area contributed by atoms with Gasteiger partial charge in [0.15, 0.2) is 11.8 Å². The van der Waals surface area contributed by atoms with Crippen molar-refractivity contribution in [3.63, 3.8) is 0 Å². The van der Waals surface area contributed by atoms with Crippen molar-refractivity contribution in [2.45, 2.75) is 70.9 Å². The fourth-order valence-corrected chi connectivity index (χ4v) is 4.61. The normalized spacial score (nSPS) is 19.4. The van der Waals surface area contributed by atoms with Gasteiger partial charge in [-0.15, -0.1) is 0 Å². The number of carbonyl (C=O) groups is 2. The van der Waals surface area contributed by atoms with Crippen LogP contribution >= 0.6 is 0 Å². The van der Waals surface area contributed by atoms with Crippen molar-refractivity contribution in [1.29, 1.82) is 0 Å². The van der Waals surface area contributed by atoms with Gasteiger partial charge in [-0.25, -0.2) is 13.9 Å². The van der Waals surface area contributed by atoms with Crippen molar-refractivity contribution in [3.05, 3.63) is 47.0 Å². The van der Waals surface area contributed by atoms with Crippen LogP contribution in [-0.2, 0) is 22.4 Å². The van der Waals surface area contributed by atoms with Crippen LogP contribution in [0.25, 0.3) is 5.69 Å². The Balaban J connectivity index is 1.53. The number of piperidine rings is 1. The van der Waals surface area contributed by atoms with Gasteiger partial charge in [-0.05, 0) is 76.1 Å². The summed E-state index contributed by atoms with van der Waals surface area (Å²) in [4.78, 5) is 27.7. The SMILES string of the molecule is CCC1CCCCN1C(=O)C(C)OC(=O)c1nn(-c2ccc(F)cc2)c2c1CCC2. The van der Waals surface area contributed by atoms with E-state index in [4.69, 9.17) is 4.74 Å². The first kappa shape index (κ1) is 20.6. The molecule has 1 amide bonds. The third-order valence-electron chi connectivity index (χ3n) is 6.21. The summed E-state index contributed by atoms with van der Waals surface area (Å²) in [6.45, 7) is 4.44. The molecule has 1 fully saturated rings. The first-order valence-electron chi connectivity index (χ1n) is 10.9. The highest BCUT2D eigenvalue weighted by Crippen LogP contribution is 2.29. The first-order chi connectivity index (χ1) is 14.5. The average Bonchev–Trinajstić information content (AvgIpc) is 3.36. The number of hydrogen-bond donors (Lipinski definition) is 0. The van der Waals surface area contributed by atoms with Gasteiger partial charge in [-0.2, -0.15) is 5.10 Å². The van der Waals surface area contributed by atoms with Gasteiger partial charge in [0.1, 0.15) is 5.82 Å². The van der Waals surface area contributed by atoms with Crippen LogP contribution in [0.4, 0.5) is 4.39 Å². The molecule has 7 heteroatoms. The summed E-state index contributed by atoms with van der Waals surface area (Å²) in [5.74, 6) is -1.03. The van der Waals surface area contributed by atoms with E-state index in [1.807, 2.05) is 4.90 Å². The summed E-state index contributed by atoms with van der Waals surface area (Å²) in [7, 11) is 0. The third kappa shape index (κ3) is 3.85. The molecule has 2 atom stereocenters. The Kier molecular flexibility index (Phi) is 5.88. The number of fused-ring (bicyclic) bond motifs is 1. The lowest BCUT2D eigenvalue weighted by Gasteiger charge is -2.36. The van der Waals surface area contributed by atoms with E-state index >= 15 is 0 Å². The molecule has 2 unspecified atom stereocenters. The van der Waals surface area contributed by atoms with Crippen molar-refractivity contribution in [1.82, 2.24) is 14.7 Å². The van der Waals surface area contributed by atoms with Crippen LogP contribution in [0, 0.1) is 5.82 Å². The van der Waals surface area contributed by atoms with Crippen molar-refractivity contribution in [2.75, 3.05) is 6.54 Å². The number of ether oxygens (including phenoxy) is 1. The second-order valence-electron chi connectivity index (χ2n) is 8.15. The number of nitrogens with zero attached hydrogens (tertiary/aromatic N) is 3. The summed E-state index contributed by atoms with van der Waals surface area (Å²) < 4.78 is 20.6. The zero-order chi connectivity index (χ0) is 21.3. The minimum absolute atomic E-state index is 0.135. The molecule has 0 N–H and O–H groups in total. The van der Waals surface area contributed by atoms with Crippen LogP contribution in [0.2, 0.25) is 0 Å². The molecule has 30 heavy (non-hydrogen) atoms. The molecule has 1 aromatic heterocycles. The molecule has 4 rings (SSSR count). The molecule has 1 aliphatic carbocycles. The number of esters is 1. The molecular weight excluding hydrogens is 385 g/mol. The summed E-state index contributed by atoms with van der Waals surface area (Å²) in [5, 5.41) is 4.48. The fraction of sp³-hybridized carbons (Fsp3) is 0.522.